The van der Waals surface area contributed by atoms with E-state index < -0.39 is 5.60 Å². The summed E-state index contributed by atoms with van der Waals surface area (Å²) in [4.78, 5) is 21.6. The average molecular weight is 397 g/mol. The predicted octanol–water partition coefficient (Wildman–Crippen LogP) is 1.79. The van der Waals surface area contributed by atoms with Crippen molar-refractivity contribution in [3.05, 3.63) is 11.6 Å². The summed E-state index contributed by atoms with van der Waals surface area (Å²) in [5, 5.41) is 6.36. The second kappa shape index (κ2) is 9.77. The Morgan fingerprint density at radius 1 is 1.25 bits per heavy atom. The summed E-state index contributed by atoms with van der Waals surface area (Å²) in [6.07, 6.45) is 4.33. The Bertz CT molecular complexity index is 498. The van der Waals surface area contributed by atoms with E-state index in [1.54, 1.807) is 18.4 Å². The van der Waals surface area contributed by atoms with Crippen LogP contribution in [-0.4, -0.2) is 67.8 Å². The van der Waals surface area contributed by atoms with Crippen LogP contribution < -0.4 is 10.2 Å². The summed E-state index contributed by atoms with van der Waals surface area (Å²) in [5.41, 5.74) is -0.623. The topological polar surface area (TPSA) is 57.7 Å². The van der Waals surface area contributed by atoms with Gasteiger partial charge in [0.15, 0.2) is 5.13 Å². The van der Waals surface area contributed by atoms with Crippen molar-refractivity contribution in [3.63, 3.8) is 0 Å². The number of hydrogen-bond donors (Lipinski definition) is 1. The number of piperidine rings is 1. The van der Waals surface area contributed by atoms with E-state index in [0.29, 0.717) is 0 Å². The Morgan fingerprint density at radius 3 is 2.62 bits per heavy atom. The molecule has 24 heavy (non-hydrogen) atoms. The Hall–Kier alpha value is -0.600. The maximum atomic E-state index is 13.0. The van der Waals surface area contributed by atoms with Crippen molar-refractivity contribution in [2.45, 2.75) is 24.9 Å². The fourth-order valence-corrected chi connectivity index (χ4v) is 4.00. The number of carbonyl (C=O) groups excluding carboxylic acids is 1. The van der Waals surface area contributed by atoms with E-state index >= 15 is 0 Å². The first kappa shape index (κ1) is 21.4. The van der Waals surface area contributed by atoms with Crippen LogP contribution in [0, 0.1) is 0 Å². The number of anilines is 1. The van der Waals surface area contributed by atoms with Gasteiger partial charge in [0.05, 0.1) is 0 Å². The molecule has 2 fully saturated rings. The van der Waals surface area contributed by atoms with Crippen LogP contribution in [0.25, 0.3) is 0 Å². The first-order chi connectivity index (χ1) is 10.7. The van der Waals surface area contributed by atoms with Crippen molar-refractivity contribution < 1.29 is 9.53 Å². The van der Waals surface area contributed by atoms with Crippen LogP contribution in [0.4, 0.5) is 5.13 Å². The molecule has 6 nitrogen and oxygen atoms in total. The summed E-state index contributed by atoms with van der Waals surface area (Å²) in [7, 11) is 1.67. The Morgan fingerprint density at radius 2 is 2.00 bits per heavy atom. The normalized spacial score (nSPS) is 20.5. The minimum atomic E-state index is -0.623. The van der Waals surface area contributed by atoms with Crippen LogP contribution >= 0.6 is 36.2 Å². The molecule has 1 N–H and O–H groups in total. The van der Waals surface area contributed by atoms with Crippen LogP contribution in [-0.2, 0) is 9.53 Å². The monoisotopic (exact) mass is 396 g/mol. The molecule has 0 bridgehead atoms. The zero-order valence-electron chi connectivity index (χ0n) is 13.9. The molecule has 1 aromatic heterocycles. The van der Waals surface area contributed by atoms with E-state index in [9.17, 15) is 4.79 Å². The molecule has 0 aromatic carbocycles. The number of rotatable bonds is 3. The number of nitrogens with zero attached hydrogens (tertiary/aromatic N) is 3. The molecule has 3 heterocycles. The van der Waals surface area contributed by atoms with Gasteiger partial charge in [-0.3, -0.25) is 4.79 Å². The molecule has 1 amide bonds. The van der Waals surface area contributed by atoms with Crippen molar-refractivity contribution in [1.82, 2.24) is 15.2 Å². The molecule has 2 aliphatic heterocycles. The number of thiazole rings is 1. The first-order valence-corrected chi connectivity index (χ1v) is 8.83. The minimum Gasteiger partial charge on any atom is -0.368 e. The molecule has 2 saturated heterocycles. The van der Waals surface area contributed by atoms with Crippen molar-refractivity contribution in [2.24, 2.45) is 0 Å². The van der Waals surface area contributed by atoms with Crippen molar-refractivity contribution in [2.75, 3.05) is 51.3 Å². The molecule has 2 aliphatic rings. The van der Waals surface area contributed by atoms with Crippen molar-refractivity contribution in [3.8, 4) is 0 Å². The highest BCUT2D eigenvalue weighted by Gasteiger charge is 2.42. The predicted molar refractivity (Wildman–Crippen MR) is 102 cm³/mol. The van der Waals surface area contributed by atoms with Crippen LogP contribution in [0.2, 0.25) is 0 Å². The second-order valence-electron chi connectivity index (χ2n) is 5.90. The van der Waals surface area contributed by atoms with Gasteiger partial charge in [-0.05, 0) is 32.4 Å². The van der Waals surface area contributed by atoms with Crippen molar-refractivity contribution in [1.29, 1.82) is 0 Å². The number of nitrogens with one attached hydrogen (secondary N) is 1. The van der Waals surface area contributed by atoms with E-state index in [-0.39, 0.29) is 30.7 Å². The lowest BCUT2D eigenvalue weighted by Gasteiger charge is -2.38. The van der Waals surface area contributed by atoms with Gasteiger partial charge in [-0.25, -0.2) is 4.98 Å². The molecule has 0 unspecified atom stereocenters. The van der Waals surface area contributed by atoms with Crippen LogP contribution in [0.3, 0.4) is 0 Å². The van der Waals surface area contributed by atoms with E-state index in [1.165, 1.54) is 0 Å². The molecule has 1 aromatic rings. The molecule has 3 rings (SSSR count). The molecule has 0 saturated carbocycles. The third kappa shape index (κ3) is 4.52. The molecule has 138 valence electrons. The molecule has 0 spiro atoms. The van der Waals surface area contributed by atoms with Gasteiger partial charge in [-0.15, -0.1) is 36.2 Å². The van der Waals surface area contributed by atoms with Gasteiger partial charge < -0.3 is 19.9 Å². The first-order valence-electron chi connectivity index (χ1n) is 7.95. The minimum absolute atomic E-state index is 0. The molecule has 0 radical (unpaired) electrons. The van der Waals surface area contributed by atoms with Gasteiger partial charge in [0.1, 0.15) is 5.60 Å². The SMILES string of the molecule is COC1(C(=O)N2CCCN(c3nccs3)CC2)CCNCC1.Cl.Cl. The highest BCUT2D eigenvalue weighted by molar-refractivity contribution is 7.13. The third-order valence-electron chi connectivity index (χ3n) is 4.66. The molecule has 0 atom stereocenters. The summed E-state index contributed by atoms with van der Waals surface area (Å²) in [5.74, 6) is 0.164. The van der Waals surface area contributed by atoms with Crippen LogP contribution in [0.1, 0.15) is 19.3 Å². The highest BCUT2D eigenvalue weighted by Crippen LogP contribution is 2.26. The Balaban J connectivity index is 0.00000144. The van der Waals surface area contributed by atoms with Gasteiger partial charge in [0.25, 0.3) is 5.91 Å². The lowest BCUT2D eigenvalue weighted by atomic mass is 9.90. The number of hydrogen-bond acceptors (Lipinski definition) is 6. The van der Waals surface area contributed by atoms with E-state index in [1.807, 2.05) is 16.5 Å². The molecule has 0 aliphatic carbocycles. The number of carbonyl (C=O) groups is 1. The smallest absolute Gasteiger partial charge is 0.254 e. The third-order valence-corrected chi connectivity index (χ3v) is 5.50. The van der Waals surface area contributed by atoms with Gasteiger partial charge >= 0.3 is 0 Å². The summed E-state index contributed by atoms with van der Waals surface area (Å²) < 4.78 is 5.68. The van der Waals surface area contributed by atoms with E-state index in [2.05, 4.69) is 15.2 Å². The summed E-state index contributed by atoms with van der Waals surface area (Å²) >= 11 is 1.66. The lowest BCUT2D eigenvalue weighted by Crippen LogP contribution is -2.55. The average Bonchev–Trinajstić information content (AvgIpc) is 2.99. The van der Waals surface area contributed by atoms with E-state index in [0.717, 1.165) is 63.7 Å². The second-order valence-corrected chi connectivity index (χ2v) is 6.77. The Kier molecular flexibility index (Phi) is 8.73. The summed E-state index contributed by atoms with van der Waals surface area (Å²) in [6, 6.07) is 0. The lowest BCUT2D eigenvalue weighted by molar-refractivity contribution is -0.158. The largest absolute Gasteiger partial charge is 0.368 e. The number of halogens is 2. The van der Waals surface area contributed by atoms with Gasteiger partial charge in [-0.2, -0.15) is 0 Å². The number of aromatic nitrogens is 1. The van der Waals surface area contributed by atoms with Crippen molar-refractivity contribution >= 4 is 47.2 Å². The standard InChI is InChI=1S/C15H24N4O2S.2ClH/c1-21-15(3-5-16-6-4-15)13(20)18-8-2-9-19(11-10-18)14-17-7-12-22-14;;/h7,12,16H,2-6,8-11H2,1H3;2*1H. The fourth-order valence-electron chi connectivity index (χ4n) is 3.31. The van der Waals surface area contributed by atoms with E-state index in [4.69, 9.17) is 4.74 Å². The number of ether oxygens (including phenoxy) is 1. The maximum Gasteiger partial charge on any atom is 0.254 e. The highest BCUT2D eigenvalue weighted by atomic mass is 35.5. The van der Waals surface area contributed by atoms with Gasteiger partial charge in [-0.1, -0.05) is 0 Å². The summed E-state index contributed by atoms with van der Waals surface area (Å²) in [6.45, 7) is 5.05. The fraction of sp³-hybridized carbons (Fsp3) is 0.733. The zero-order chi connectivity index (χ0) is 15.4. The molecular weight excluding hydrogens is 371 g/mol. The maximum absolute atomic E-state index is 13.0. The molecule has 9 heteroatoms. The molecular formula is C15H26Cl2N4O2S. The number of amides is 1. The van der Waals surface area contributed by atoms with Gasteiger partial charge in [0.2, 0.25) is 0 Å². The van der Waals surface area contributed by atoms with Crippen LogP contribution in [0.5, 0.6) is 0 Å². The zero-order valence-corrected chi connectivity index (χ0v) is 16.4. The quantitative estimate of drug-likeness (QED) is 0.843. The number of methoxy groups -OCH3 is 1. The van der Waals surface area contributed by atoms with Gasteiger partial charge in [0, 0.05) is 44.9 Å². The Labute approximate surface area is 159 Å². The van der Waals surface area contributed by atoms with Crippen LogP contribution in [0.15, 0.2) is 11.6 Å².